The fraction of sp³-hybridized carbons (Fsp3) is 0.588. The Morgan fingerprint density at radius 2 is 2.19 bits per heavy atom. The van der Waals surface area contributed by atoms with Gasteiger partial charge in [-0.05, 0) is 44.2 Å². The molecule has 1 aliphatic rings. The van der Waals surface area contributed by atoms with Crippen molar-refractivity contribution in [1.29, 1.82) is 0 Å². The van der Waals surface area contributed by atoms with Crippen LogP contribution in [0.5, 0.6) is 0 Å². The number of hydrogen-bond donors (Lipinski definition) is 2. The number of hydrazine groups is 1. The number of nitrogens with zero attached hydrogens (tertiary/aromatic N) is 1. The van der Waals surface area contributed by atoms with Crippen LogP contribution in [0.3, 0.4) is 0 Å². The van der Waals surface area contributed by atoms with Crippen LogP contribution in [0.2, 0.25) is 0 Å². The number of nitrogens with one attached hydrogen (secondary N) is 1. The molecule has 21 heavy (non-hydrogen) atoms. The molecule has 3 N–H and O–H groups in total. The molecule has 1 aromatic carbocycles. The first-order valence-electron chi connectivity index (χ1n) is 8.02. The average Bonchev–Trinajstić information content (AvgIpc) is 2.72. The van der Waals surface area contributed by atoms with E-state index in [-0.39, 0.29) is 5.91 Å². The van der Waals surface area contributed by atoms with Gasteiger partial charge in [0.1, 0.15) is 0 Å². The second-order valence-corrected chi connectivity index (χ2v) is 6.07. The maximum Gasteiger partial charge on any atom is 0.256 e. The predicted octanol–water partition coefficient (Wildman–Crippen LogP) is 3.32. The summed E-state index contributed by atoms with van der Waals surface area (Å²) in [5.74, 6) is 6.42. The van der Waals surface area contributed by atoms with Crippen LogP contribution < -0.4 is 11.3 Å². The lowest BCUT2D eigenvalue weighted by molar-refractivity contribution is 0.0760. The summed E-state index contributed by atoms with van der Waals surface area (Å²) in [5.41, 5.74) is 5.11. The van der Waals surface area contributed by atoms with Crippen molar-refractivity contribution < 1.29 is 4.79 Å². The molecule has 0 aliphatic carbocycles. The Bertz CT molecular complexity index is 487. The Balaban J connectivity index is 2.11. The molecule has 4 nitrogen and oxygen atoms in total. The second-order valence-electron chi connectivity index (χ2n) is 6.07. The van der Waals surface area contributed by atoms with Gasteiger partial charge in [0.05, 0.1) is 11.3 Å². The number of hydrogen-bond acceptors (Lipinski definition) is 3. The Morgan fingerprint density at radius 1 is 1.38 bits per heavy atom. The zero-order chi connectivity index (χ0) is 15.2. The van der Waals surface area contributed by atoms with E-state index in [1.165, 1.54) is 19.3 Å². The fourth-order valence-electron chi connectivity index (χ4n) is 3.20. The number of nitrogens with two attached hydrogens (primary N) is 1. The van der Waals surface area contributed by atoms with Crippen LogP contribution in [0, 0.1) is 12.8 Å². The van der Waals surface area contributed by atoms with Gasteiger partial charge in [-0.3, -0.25) is 10.6 Å². The fourth-order valence-corrected chi connectivity index (χ4v) is 3.20. The summed E-state index contributed by atoms with van der Waals surface area (Å²) in [6.07, 6.45) is 5.98. The third-order valence-corrected chi connectivity index (χ3v) is 4.39. The first kappa shape index (κ1) is 15.8. The van der Waals surface area contributed by atoms with Gasteiger partial charge in [-0.2, -0.15) is 0 Å². The third kappa shape index (κ3) is 3.97. The second kappa shape index (κ2) is 7.46. The van der Waals surface area contributed by atoms with Gasteiger partial charge in [-0.25, -0.2) is 0 Å². The highest BCUT2D eigenvalue weighted by atomic mass is 16.2. The largest absolute Gasteiger partial charge is 0.339 e. The van der Waals surface area contributed by atoms with Crippen molar-refractivity contribution in [1.82, 2.24) is 4.90 Å². The van der Waals surface area contributed by atoms with Gasteiger partial charge in [0.15, 0.2) is 0 Å². The molecule has 1 amide bonds. The molecule has 2 rings (SSSR count). The number of carbonyl (C=O) groups is 1. The molecule has 1 atom stereocenters. The van der Waals surface area contributed by atoms with Crippen LogP contribution in [0.25, 0.3) is 0 Å². The van der Waals surface area contributed by atoms with Gasteiger partial charge >= 0.3 is 0 Å². The van der Waals surface area contributed by atoms with E-state index in [0.29, 0.717) is 11.3 Å². The first-order chi connectivity index (χ1) is 10.2. The van der Waals surface area contributed by atoms with Crippen molar-refractivity contribution in [3.05, 3.63) is 29.3 Å². The van der Waals surface area contributed by atoms with Gasteiger partial charge in [0.25, 0.3) is 5.91 Å². The van der Waals surface area contributed by atoms with Crippen LogP contribution in [-0.2, 0) is 0 Å². The number of nitrogen functional groups attached to an aromatic ring is 1. The van der Waals surface area contributed by atoms with E-state index in [2.05, 4.69) is 12.3 Å². The van der Waals surface area contributed by atoms with Crippen LogP contribution in [-0.4, -0.2) is 23.9 Å². The molecule has 0 spiro atoms. The highest BCUT2D eigenvalue weighted by Crippen LogP contribution is 2.24. The minimum absolute atomic E-state index is 0.101. The van der Waals surface area contributed by atoms with Crippen LogP contribution in [0.15, 0.2) is 18.2 Å². The van der Waals surface area contributed by atoms with E-state index in [4.69, 9.17) is 5.84 Å². The molecule has 116 valence electrons. The molecule has 0 saturated carbocycles. The topological polar surface area (TPSA) is 58.4 Å². The average molecular weight is 289 g/mol. The molecule has 1 aromatic rings. The van der Waals surface area contributed by atoms with Gasteiger partial charge in [0, 0.05) is 13.1 Å². The highest BCUT2D eigenvalue weighted by molar-refractivity contribution is 5.99. The number of benzene rings is 1. The van der Waals surface area contributed by atoms with Crippen LogP contribution in [0.1, 0.15) is 54.9 Å². The van der Waals surface area contributed by atoms with E-state index in [1.54, 1.807) is 0 Å². The maximum atomic E-state index is 12.8. The molecule has 1 unspecified atom stereocenters. The van der Waals surface area contributed by atoms with Crippen molar-refractivity contribution in [3.63, 3.8) is 0 Å². The lowest BCUT2D eigenvalue weighted by atomic mass is 9.96. The summed E-state index contributed by atoms with van der Waals surface area (Å²) in [5, 5.41) is 0. The normalized spacial score (nSPS) is 19.2. The lowest BCUT2D eigenvalue weighted by Crippen LogP contribution is -2.33. The van der Waals surface area contributed by atoms with E-state index in [0.717, 1.165) is 37.4 Å². The number of carbonyl (C=O) groups excluding carboxylic acids is 1. The number of likely N-dealkylation sites (tertiary alicyclic amines) is 1. The smallest absolute Gasteiger partial charge is 0.256 e. The maximum absolute atomic E-state index is 12.8. The zero-order valence-electron chi connectivity index (χ0n) is 13.2. The Kier molecular flexibility index (Phi) is 5.62. The minimum atomic E-state index is 0.101. The van der Waals surface area contributed by atoms with Gasteiger partial charge in [-0.1, -0.05) is 31.4 Å². The summed E-state index contributed by atoms with van der Waals surface area (Å²) in [7, 11) is 0. The van der Waals surface area contributed by atoms with Crippen molar-refractivity contribution >= 4 is 11.6 Å². The van der Waals surface area contributed by atoms with E-state index >= 15 is 0 Å². The van der Waals surface area contributed by atoms with Gasteiger partial charge < -0.3 is 10.3 Å². The molecule has 0 radical (unpaired) electrons. The molecule has 4 heteroatoms. The molecule has 0 bridgehead atoms. The number of aryl methyl sites for hydroxylation is 1. The van der Waals surface area contributed by atoms with Gasteiger partial charge in [-0.15, -0.1) is 0 Å². The lowest BCUT2D eigenvalue weighted by Gasteiger charge is -2.22. The molecule has 1 fully saturated rings. The Labute approximate surface area is 127 Å². The number of amides is 1. The molecule has 0 aromatic heterocycles. The summed E-state index contributed by atoms with van der Waals surface area (Å²) in [6, 6.07) is 5.76. The highest BCUT2D eigenvalue weighted by Gasteiger charge is 2.22. The van der Waals surface area contributed by atoms with Crippen LogP contribution in [0.4, 0.5) is 5.69 Å². The SMILES string of the molecule is CCCC1CCCN(C(=O)c2cc(C)ccc2NN)CC1. The van der Waals surface area contributed by atoms with Crippen LogP contribution >= 0.6 is 0 Å². The van der Waals surface area contributed by atoms with E-state index in [9.17, 15) is 4.79 Å². The number of rotatable bonds is 4. The standard InChI is InChI=1S/C17H27N3O/c1-3-5-14-6-4-10-20(11-9-14)17(21)15-12-13(2)7-8-16(15)19-18/h7-8,12,14,19H,3-6,9-11,18H2,1-2H3. The summed E-state index contributed by atoms with van der Waals surface area (Å²) < 4.78 is 0. The summed E-state index contributed by atoms with van der Waals surface area (Å²) in [6.45, 7) is 5.95. The van der Waals surface area contributed by atoms with Gasteiger partial charge in [0.2, 0.25) is 0 Å². The summed E-state index contributed by atoms with van der Waals surface area (Å²) >= 11 is 0. The van der Waals surface area contributed by atoms with Crippen molar-refractivity contribution in [2.75, 3.05) is 18.5 Å². The van der Waals surface area contributed by atoms with Crippen molar-refractivity contribution in [3.8, 4) is 0 Å². The predicted molar refractivity (Wildman–Crippen MR) is 87.1 cm³/mol. The molecule has 1 saturated heterocycles. The minimum Gasteiger partial charge on any atom is -0.339 e. The third-order valence-electron chi connectivity index (χ3n) is 4.39. The molecular formula is C17H27N3O. The quantitative estimate of drug-likeness (QED) is 0.660. The Hall–Kier alpha value is -1.55. The molecule has 1 heterocycles. The Morgan fingerprint density at radius 3 is 2.90 bits per heavy atom. The van der Waals surface area contributed by atoms with E-state index < -0.39 is 0 Å². The number of anilines is 1. The van der Waals surface area contributed by atoms with E-state index in [1.807, 2.05) is 30.0 Å². The zero-order valence-corrected chi connectivity index (χ0v) is 13.2. The van der Waals surface area contributed by atoms with Crippen molar-refractivity contribution in [2.45, 2.75) is 46.0 Å². The van der Waals surface area contributed by atoms with Crippen molar-refractivity contribution in [2.24, 2.45) is 11.8 Å². The molecular weight excluding hydrogens is 262 g/mol. The molecule has 1 aliphatic heterocycles. The summed E-state index contributed by atoms with van der Waals surface area (Å²) in [4.78, 5) is 14.8. The first-order valence-corrected chi connectivity index (χ1v) is 8.02. The monoisotopic (exact) mass is 289 g/mol.